The molecule has 0 spiro atoms. The summed E-state index contributed by atoms with van der Waals surface area (Å²) in [4.78, 5) is 23.9. The minimum absolute atomic E-state index is 0.0943. The summed E-state index contributed by atoms with van der Waals surface area (Å²) in [6, 6.07) is 11.0. The molecule has 6 N–H and O–H groups in total. The van der Waals surface area contributed by atoms with Gasteiger partial charge in [-0.15, -0.1) is 0 Å². The number of methoxy groups -OCH3 is 1. The summed E-state index contributed by atoms with van der Waals surface area (Å²) in [5, 5.41) is 58.6. The van der Waals surface area contributed by atoms with E-state index in [1.54, 1.807) is 18.2 Å². The number of rotatable bonds is 9. The van der Waals surface area contributed by atoms with Gasteiger partial charge >= 0.3 is 11.9 Å². The molecule has 0 amide bonds. The van der Waals surface area contributed by atoms with Crippen molar-refractivity contribution in [2.45, 2.75) is 12.5 Å². The summed E-state index contributed by atoms with van der Waals surface area (Å²) < 4.78 is 10.0. The van der Waals surface area contributed by atoms with Gasteiger partial charge in [0.2, 0.25) is 6.10 Å². The zero-order chi connectivity index (χ0) is 27.1. The number of hydrogen-bond donors (Lipinski definition) is 6. The molecule has 10 nitrogen and oxygen atoms in total. The average Bonchev–Trinajstić information content (AvgIpc) is 2.86. The largest absolute Gasteiger partial charge is 0.504 e. The SMILES string of the molecule is COc1ccc(/C=C/c2c(/C=C/C(=O)O[C@H](Cc3ccc(O)c(O)c3)C(=O)O)ccc(O)c2O)cc1O. The topological polar surface area (TPSA) is 174 Å². The van der Waals surface area contributed by atoms with Crippen LogP contribution in [0.2, 0.25) is 0 Å². The second kappa shape index (κ2) is 11.5. The minimum atomic E-state index is -1.57. The number of carboxylic acid groups (broad SMARTS) is 1. The Labute approximate surface area is 211 Å². The van der Waals surface area contributed by atoms with Gasteiger partial charge in [-0.2, -0.15) is 0 Å². The molecule has 3 aromatic carbocycles. The monoisotopic (exact) mass is 508 g/mol. The van der Waals surface area contributed by atoms with Gasteiger partial charge in [-0.1, -0.05) is 24.3 Å². The van der Waals surface area contributed by atoms with Crippen LogP contribution in [-0.4, -0.2) is 55.8 Å². The number of phenols is 5. The van der Waals surface area contributed by atoms with Gasteiger partial charge in [0.15, 0.2) is 34.5 Å². The highest BCUT2D eigenvalue weighted by Crippen LogP contribution is 2.34. The van der Waals surface area contributed by atoms with Gasteiger partial charge in [0.25, 0.3) is 0 Å². The van der Waals surface area contributed by atoms with Crippen LogP contribution >= 0.6 is 0 Å². The van der Waals surface area contributed by atoms with Crippen LogP contribution in [0, 0.1) is 0 Å². The number of ether oxygens (including phenoxy) is 2. The fourth-order valence-corrected chi connectivity index (χ4v) is 3.35. The third kappa shape index (κ3) is 6.73. The zero-order valence-corrected chi connectivity index (χ0v) is 19.5. The molecule has 1 atom stereocenters. The molecule has 0 aliphatic heterocycles. The summed E-state index contributed by atoms with van der Waals surface area (Å²) in [6.45, 7) is 0. The first-order chi connectivity index (χ1) is 17.6. The Kier molecular flexibility index (Phi) is 8.26. The molecule has 0 fully saturated rings. The van der Waals surface area contributed by atoms with Gasteiger partial charge in [0.1, 0.15) is 0 Å². The number of aliphatic carboxylic acids is 1. The standard InChI is InChI=1S/C27H24O10/c1-36-23-10-4-15(12-22(23)31)2-7-18-17(5-9-20(29)26(18)33)6-11-25(32)37-24(27(34)35)14-16-3-8-19(28)21(30)13-16/h2-13,24,28-31,33H,14H2,1H3,(H,34,35)/b7-2+,11-6+/t24-/m1/s1. The van der Waals surface area contributed by atoms with E-state index in [2.05, 4.69) is 0 Å². The highest BCUT2D eigenvalue weighted by Gasteiger charge is 2.22. The third-order valence-electron chi connectivity index (χ3n) is 5.27. The Hall–Kier alpha value is -5.12. The van der Waals surface area contributed by atoms with Gasteiger partial charge in [-0.05, 0) is 59.2 Å². The van der Waals surface area contributed by atoms with Crippen LogP contribution in [0.5, 0.6) is 34.5 Å². The van der Waals surface area contributed by atoms with Crippen molar-refractivity contribution in [1.29, 1.82) is 0 Å². The molecule has 37 heavy (non-hydrogen) atoms. The lowest BCUT2D eigenvalue weighted by atomic mass is 10.0. The fraction of sp³-hybridized carbons (Fsp3) is 0.111. The van der Waals surface area contributed by atoms with Gasteiger partial charge < -0.3 is 40.1 Å². The molecule has 0 saturated carbocycles. The molecular weight excluding hydrogens is 484 g/mol. The van der Waals surface area contributed by atoms with E-state index >= 15 is 0 Å². The van der Waals surface area contributed by atoms with Crippen molar-refractivity contribution < 1.29 is 49.7 Å². The third-order valence-corrected chi connectivity index (χ3v) is 5.27. The lowest BCUT2D eigenvalue weighted by Crippen LogP contribution is -2.28. The van der Waals surface area contributed by atoms with Crippen molar-refractivity contribution in [2.75, 3.05) is 7.11 Å². The van der Waals surface area contributed by atoms with Gasteiger partial charge in [-0.25, -0.2) is 9.59 Å². The van der Waals surface area contributed by atoms with Crippen molar-refractivity contribution in [1.82, 2.24) is 0 Å². The van der Waals surface area contributed by atoms with E-state index in [0.717, 1.165) is 12.1 Å². The van der Waals surface area contributed by atoms with E-state index in [1.807, 2.05) is 0 Å². The summed E-state index contributed by atoms with van der Waals surface area (Å²) in [5.41, 5.74) is 1.32. The minimum Gasteiger partial charge on any atom is -0.504 e. The predicted molar refractivity (Wildman–Crippen MR) is 133 cm³/mol. The van der Waals surface area contributed by atoms with E-state index in [-0.39, 0.29) is 29.2 Å². The molecule has 3 rings (SSSR count). The first kappa shape index (κ1) is 26.5. The molecule has 0 heterocycles. The Morgan fingerprint density at radius 2 is 1.57 bits per heavy atom. The number of carbonyl (C=O) groups is 2. The maximum Gasteiger partial charge on any atom is 0.345 e. The highest BCUT2D eigenvalue weighted by molar-refractivity contribution is 5.91. The normalized spacial score (nSPS) is 12.0. The van der Waals surface area contributed by atoms with Crippen LogP contribution in [0.4, 0.5) is 0 Å². The van der Waals surface area contributed by atoms with E-state index in [1.165, 1.54) is 49.6 Å². The van der Waals surface area contributed by atoms with Crippen LogP contribution < -0.4 is 4.74 Å². The van der Waals surface area contributed by atoms with Crippen molar-refractivity contribution >= 4 is 30.2 Å². The molecule has 0 aromatic heterocycles. The molecule has 0 radical (unpaired) electrons. The van der Waals surface area contributed by atoms with Crippen LogP contribution in [0.1, 0.15) is 22.3 Å². The molecule has 10 heteroatoms. The summed E-state index contributed by atoms with van der Waals surface area (Å²) in [5.74, 6) is -3.89. The first-order valence-electron chi connectivity index (χ1n) is 10.8. The van der Waals surface area contributed by atoms with Gasteiger partial charge in [0, 0.05) is 18.1 Å². The van der Waals surface area contributed by atoms with Crippen LogP contribution in [0.3, 0.4) is 0 Å². The molecule has 3 aromatic rings. The van der Waals surface area contributed by atoms with Gasteiger partial charge in [-0.3, -0.25) is 0 Å². The number of carboxylic acids is 1. The summed E-state index contributed by atoms with van der Waals surface area (Å²) in [6.07, 6.45) is 3.42. The van der Waals surface area contributed by atoms with E-state index in [9.17, 15) is 40.2 Å². The lowest BCUT2D eigenvalue weighted by Gasteiger charge is -2.13. The van der Waals surface area contributed by atoms with E-state index in [4.69, 9.17) is 9.47 Å². The number of aromatic hydroxyl groups is 5. The average molecular weight is 508 g/mol. The molecule has 0 aliphatic rings. The smallest absolute Gasteiger partial charge is 0.345 e. The lowest BCUT2D eigenvalue weighted by molar-refractivity contribution is -0.160. The maximum atomic E-state index is 12.4. The Bertz CT molecular complexity index is 1370. The Morgan fingerprint density at radius 3 is 2.22 bits per heavy atom. The van der Waals surface area contributed by atoms with Gasteiger partial charge in [0.05, 0.1) is 7.11 Å². The van der Waals surface area contributed by atoms with Crippen molar-refractivity contribution in [2.24, 2.45) is 0 Å². The predicted octanol–water partition coefficient (Wildman–Crippen LogP) is 3.65. The number of esters is 1. The van der Waals surface area contributed by atoms with Crippen LogP contribution in [0.15, 0.2) is 54.6 Å². The molecule has 0 unspecified atom stereocenters. The number of phenolic OH excluding ortho intramolecular Hbond substituents is 5. The quantitative estimate of drug-likeness (QED) is 0.108. The van der Waals surface area contributed by atoms with Crippen LogP contribution in [0.25, 0.3) is 18.2 Å². The van der Waals surface area contributed by atoms with Crippen molar-refractivity contribution in [3.63, 3.8) is 0 Å². The second-order valence-electron chi connectivity index (χ2n) is 7.83. The van der Waals surface area contributed by atoms with Crippen molar-refractivity contribution in [3.05, 3.63) is 76.9 Å². The van der Waals surface area contributed by atoms with Crippen LogP contribution in [-0.2, 0) is 20.7 Å². The number of hydrogen-bond acceptors (Lipinski definition) is 9. The fourth-order valence-electron chi connectivity index (χ4n) is 3.35. The maximum absolute atomic E-state index is 12.4. The molecule has 192 valence electrons. The first-order valence-corrected chi connectivity index (χ1v) is 10.8. The Balaban J connectivity index is 1.79. The number of benzene rings is 3. The molecule has 0 bridgehead atoms. The zero-order valence-electron chi connectivity index (χ0n) is 19.5. The van der Waals surface area contributed by atoms with E-state index < -0.39 is 35.3 Å². The highest BCUT2D eigenvalue weighted by atomic mass is 16.6. The van der Waals surface area contributed by atoms with Crippen molar-refractivity contribution in [3.8, 4) is 34.5 Å². The molecule has 0 aliphatic carbocycles. The molecule has 0 saturated heterocycles. The summed E-state index contributed by atoms with van der Waals surface area (Å²) in [7, 11) is 1.41. The summed E-state index contributed by atoms with van der Waals surface area (Å²) >= 11 is 0. The molecular formula is C27H24O10. The van der Waals surface area contributed by atoms with E-state index in [0.29, 0.717) is 16.7 Å². The number of carbonyl (C=O) groups excluding carboxylic acids is 1. The second-order valence-corrected chi connectivity index (χ2v) is 7.83. The Morgan fingerprint density at radius 1 is 0.838 bits per heavy atom.